The smallest absolute Gasteiger partial charge is 0.227 e. The third kappa shape index (κ3) is 3.11. The van der Waals surface area contributed by atoms with Gasteiger partial charge in [0.15, 0.2) is 11.6 Å². The Bertz CT molecular complexity index is 749. The number of hydrogen-bond acceptors (Lipinski definition) is 5. The summed E-state index contributed by atoms with van der Waals surface area (Å²) in [5.74, 6) is 2.87. The molecule has 1 aromatic carbocycles. The Morgan fingerprint density at radius 1 is 1.24 bits per heavy atom. The van der Waals surface area contributed by atoms with E-state index in [0.717, 1.165) is 55.4 Å². The molecular weight excluding hydrogens is 318 g/mol. The predicted octanol–water partition coefficient (Wildman–Crippen LogP) is 1.30. The molecule has 0 aliphatic carbocycles. The average molecular weight is 341 g/mol. The summed E-state index contributed by atoms with van der Waals surface area (Å²) in [5.41, 5.74) is 1.01. The number of hydrogen-bond donors (Lipinski definition) is 1. The SMILES string of the molecule is COc1ccc(-c2nnc3n2CCN(C(=O)[C@H]2CCCNC2)C3)cc1. The highest BCUT2D eigenvalue weighted by atomic mass is 16.5. The summed E-state index contributed by atoms with van der Waals surface area (Å²) in [5, 5.41) is 12.0. The number of rotatable bonds is 3. The van der Waals surface area contributed by atoms with Gasteiger partial charge in [0, 0.05) is 25.2 Å². The van der Waals surface area contributed by atoms with Crippen LogP contribution in [0.25, 0.3) is 11.4 Å². The van der Waals surface area contributed by atoms with Crippen molar-refractivity contribution in [3.63, 3.8) is 0 Å². The maximum absolute atomic E-state index is 12.7. The van der Waals surface area contributed by atoms with Gasteiger partial charge in [0.2, 0.25) is 5.91 Å². The summed E-state index contributed by atoms with van der Waals surface area (Å²) in [6, 6.07) is 7.82. The van der Waals surface area contributed by atoms with Gasteiger partial charge in [0.25, 0.3) is 0 Å². The van der Waals surface area contributed by atoms with E-state index in [2.05, 4.69) is 20.1 Å². The molecular formula is C18H23N5O2. The fourth-order valence-corrected chi connectivity index (χ4v) is 3.62. The molecule has 25 heavy (non-hydrogen) atoms. The molecule has 4 rings (SSSR count). The van der Waals surface area contributed by atoms with Gasteiger partial charge < -0.3 is 19.5 Å². The molecule has 0 saturated carbocycles. The minimum absolute atomic E-state index is 0.101. The van der Waals surface area contributed by atoms with Crippen LogP contribution < -0.4 is 10.1 Å². The number of carbonyl (C=O) groups is 1. The van der Waals surface area contributed by atoms with Crippen LogP contribution in [0, 0.1) is 5.92 Å². The van der Waals surface area contributed by atoms with Crippen LogP contribution in [0.4, 0.5) is 0 Å². The predicted molar refractivity (Wildman–Crippen MR) is 93.0 cm³/mol. The summed E-state index contributed by atoms with van der Waals surface area (Å²) in [7, 11) is 1.65. The monoisotopic (exact) mass is 341 g/mol. The molecule has 7 nitrogen and oxygen atoms in total. The molecule has 0 unspecified atom stereocenters. The average Bonchev–Trinajstić information content (AvgIpc) is 3.11. The molecule has 1 amide bonds. The minimum atomic E-state index is 0.101. The Morgan fingerprint density at radius 2 is 2.08 bits per heavy atom. The fourth-order valence-electron chi connectivity index (χ4n) is 3.62. The van der Waals surface area contributed by atoms with Gasteiger partial charge in [-0.3, -0.25) is 4.79 Å². The van der Waals surface area contributed by atoms with Crippen molar-refractivity contribution in [1.29, 1.82) is 0 Å². The summed E-state index contributed by atoms with van der Waals surface area (Å²) in [4.78, 5) is 14.7. The van der Waals surface area contributed by atoms with Crippen LogP contribution >= 0.6 is 0 Å². The maximum atomic E-state index is 12.7. The Hall–Kier alpha value is -2.41. The molecule has 2 aromatic rings. The molecule has 0 radical (unpaired) electrons. The Labute approximate surface area is 147 Å². The van der Waals surface area contributed by atoms with E-state index in [1.807, 2.05) is 29.2 Å². The van der Waals surface area contributed by atoms with Gasteiger partial charge in [0.05, 0.1) is 19.6 Å². The summed E-state index contributed by atoms with van der Waals surface area (Å²) < 4.78 is 7.32. The van der Waals surface area contributed by atoms with Crippen LogP contribution in [0.5, 0.6) is 5.75 Å². The van der Waals surface area contributed by atoms with Crippen LogP contribution in [-0.4, -0.2) is 52.3 Å². The zero-order valence-electron chi connectivity index (χ0n) is 14.4. The number of methoxy groups -OCH3 is 1. The van der Waals surface area contributed by atoms with E-state index >= 15 is 0 Å². The first kappa shape index (κ1) is 16.1. The molecule has 2 aliphatic heterocycles. The van der Waals surface area contributed by atoms with E-state index in [-0.39, 0.29) is 11.8 Å². The van der Waals surface area contributed by atoms with Crippen LogP contribution in [0.3, 0.4) is 0 Å². The third-order valence-electron chi connectivity index (χ3n) is 5.06. The lowest BCUT2D eigenvalue weighted by atomic mass is 9.98. The molecule has 1 atom stereocenters. The van der Waals surface area contributed by atoms with Crippen LogP contribution in [-0.2, 0) is 17.9 Å². The van der Waals surface area contributed by atoms with E-state index in [9.17, 15) is 4.79 Å². The number of nitrogens with one attached hydrogen (secondary N) is 1. The second-order valence-electron chi connectivity index (χ2n) is 6.62. The molecule has 7 heteroatoms. The van der Waals surface area contributed by atoms with E-state index in [4.69, 9.17) is 4.74 Å². The normalized spacial score (nSPS) is 20.2. The molecule has 1 fully saturated rings. The topological polar surface area (TPSA) is 72.3 Å². The second-order valence-corrected chi connectivity index (χ2v) is 6.62. The second kappa shape index (κ2) is 6.84. The number of carbonyl (C=O) groups excluding carboxylic acids is 1. The van der Waals surface area contributed by atoms with Crippen LogP contribution in [0.15, 0.2) is 24.3 Å². The Morgan fingerprint density at radius 3 is 2.80 bits per heavy atom. The summed E-state index contributed by atoms with van der Waals surface area (Å²) in [6.07, 6.45) is 2.05. The van der Waals surface area contributed by atoms with Crippen molar-refractivity contribution in [2.75, 3.05) is 26.7 Å². The molecule has 1 N–H and O–H groups in total. The third-order valence-corrected chi connectivity index (χ3v) is 5.06. The van der Waals surface area contributed by atoms with Crippen molar-refractivity contribution in [1.82, 2.24) is 25.0 Å². The van der Waals surface area contributed by atoms with Crippen molar-refractivity contribution in [3.8, 4) is 17.1 Å². The van der Waals surface area contributed by atoms with E-state index in [1.54, 1.807) is 7.11 Å². The van der Waals surface area contributed by atoms with Gasteiger partial charge in [-0.15, -0.1) is 10.2 Å². The maximum Gasteiger partial charge on any atom is 0.227 e. The van der Waals surface area contributed by atoms with Gasteiger partial charge >= 0.3 is 0 Å². The number of aromatic nitrogens is 3. The highest BCUT2D eigenvalue weighted by molar-refractivity contribution is 5.79. The number of amides is 1. The van der Waals surface area contributed by atoms with Gasteiger partial charge in [0.1, 0.15) is 5.75 Å². The van der Waals surface area contributed by atoms with Crippen LogP contribution in [0.2, 0.25) is 0 Å². The van der Waals surface area contributed by atoms with Crippen molar-refractivity contribution in [2.45, 2.75) is 25.9 Å². The number of piperidine rings is 1. The molecule has 1 saturated heterocycles. The first-order chi connectivity index (χ1) is 12.3. The number of benzene rings is 1. The minimum Gasteiger partial charge on any atom is -0.497 e. The van der Waals surface area contributed by atoms with Gasteiger partial charge in [-0.05, 0) is 43.7 Å². The summed E-state index contributed by atoms with van der Waals surface area (Å²) in [6.45, 7) is 3.79. The van der Waals surface area contributed by atoms with E-state index in [0.29, 0.717) is 13.1 Å². The molecule has 3 heterocycles. The lowest BCUT2D eigenvalue weighted by Crippen LogP contribution is -2.46. The van der Waals surface area contributed by atoms with Crippen LogP contribution in [0.1, 0.15) is 18.7 Å². The molecule has 132 valence electrons. The first-order valence-corrected chi connectivity index (χ1v) is 8.82. The zero-order chi connectivity index (χ0) is 17.2. The molecule has 2 aliphatic rings. The van der Waals surface area contributed by atoms with Gasteiger partial charge in [-0.1, -0.05) is 0 Å². The molecule has 0 spiro atoms. The van der Waals surface area contributed by atoms with Crippen molar-refractivity contribution >= 4 is 5.91 Å². The fraction of sp³-hybridized carbons (Fsp3) is 0.500. The largest absolute Gasteiger partial charge is 0.497 e. The number of nitrogens with zero attached hydrogens (tertiary/aromatic N) is 4. The molecule has 1 aromatic heterocycles. The highest BCUT2D eigenvalue weighted by Crippen LogP contribution is 2.25. The van der Waals surface area contributed by atoms with E-state index in [1.165, 1.54) is 0 Å². The Balaban J connectivity index is 1.51. The van der Waals surface area contributed by atoms with Crippen molar-refractivity contribution in [3.05, 3.63) is 30.1 Å². The first-order valence-electron chi connectivity index (χ1n) is 8.82. The zero-order valence-corrected chi connectivity index (χ0v) is 14.4. The van der Waals surface area contributed by atoms with Gasteiger partial charge in [-0.2, -0.15) is 0 Å². The van der Waals surface area contributed by atoms with Gasteiger partial charge in [-0.25, -0.2) is 0 Å². The molecule has 0 bridgehead atoms. The number of fused-ring (bicyclic) bond motifs is 1. The van der Waals surface area contributed by atoms with Crippen molar-refractivity contribution < 1.29 is 9.53 Å². The lowest BCUT2D eigenvalue weighted by Gasteiger charge is -2.32. The highest BCUT2D eigenvalue weighted by Gasteiger charge is 2.30. The summed E-state index contributed by atoms with van der Waals surface area (Å²) >= 11 is 0. The Kier molecular flexibility index (Phi) is 4.40. The van der Waals surface area contributed by atoms with E-state index < -0.39 is 0 Å². The quantitative estimate of drug-likeness (QED) is 0.911. The standard InChI is InChI=1S/C18H23N5O2/c1-25-15-6-4-13(5-7-15)17-21-20-16-12-22(9-10-23(16)17)18(24)14-3-2-8-19-11-14/h4-7,14,19H,2-3,8-12H2,1H3/t14-/m0/s1. The van der Waals surface area contributed by atoms with Crippen molar-refractivity contribution in [2.24, 2.45) is 5.92 Å². The number of ether oxygens (including phenoxy) is 1. The lowest BCUT2D eigenvalue weighted by molar-refractivity contribution is -0.137.